The van der Waals surface area contributed by atoms with Gasteiger partial charge in [0.1, 0.15) is 12.6 Å². The number of rotatable bonds is 10. The van der Waals surface area contributed by atoms with Gasteiger partial charge in [-0.05, 0) is 49.6 Å². The molecule has 180 valence electrons. The van der Waals surface area contributed by atoms with Crippen LogP contribution in [-0.2, 0) is 26.2 Å². The largest absolute Gasteiger partial charge is 0.354 e. The molecule has 0 spiro atoms. The van der Waals surface area contributed by atoms with Gasteiger partial charge >= 0.3 is 0 Å². The minimum atomic E-state index is -3.74. The molecule has 9 heteroatoms. The van der Waals surface area contributed by atoms with Crippen molar-refractivity contribution in [3.8, 4) is 0 Å². The van der Waals surface area contributed by atoms with Gasteiger partial charge in [-0.1, -0.05) is 59.6 Å². The molecule has 1 N–H and O–H groups in total. The average molecular weight is 539 g/mol. The highest BCUT2D eigenvalue weighted by atomic mass is 79.9. The van der Waals surface area contributed by atoms with Crippen molar-refractivity contribution in [1.82, 2.24) is 10.2 Å². The van der Waals surface area contributed by atoms with E-state index in [0.717, 1.165) is 26.2 Å². The van der Waals surface area contributed by atoms with E-state index in [0.29, 0.717) is 12.2 Å². The predicted molar refractivity (Wildman–Crippen MR) is 135 cm³/mol. The first-order valence-electron chi connectivity index (χ1n) is 10.7. The number of halogens is 1. The SMILES string of the molecule is Cc1ccc(CN(C(=O)CN(c2ccc(Br)cc2)S(C)(=O)=O)[C@H](C)C(=O)NCC(C)C)cc1. The highest BCUT2D eigenvalue weighted by Crippen LogP contribution is 2.21. The van der Waals surface area contributed by atoms with Gasteiger partial charge in [-0.25, -0.2) is 8.42 Å². The second-order valence-corrected chi connectivity index (χ2v) is 11.4. The van der Waals surface area contributed by atoms with Crippen LogP contribution in [0.2, 0.25) is 0 Å². The number of aryl methyl sites for hydroxylation is 1. The molecular weight excluding hydrogens is 506 g/mol. The van der Waals surface area contributed by atoms with Crippen LogP contribution >= 0.6 is 15.9 Å². The van der Waals surface area contributed by atoms with Crippen LogP contribution in [0.5, 0.6) is 0 Å². The number of sulfonamides is 1. The van der Waals surface area contributed by atoms with Gasteiger partial charge in [0.2, 0.25) is 21.8 Å². The Balaban J connectivity index is 2.34. The van der Waals surface area contributed by atoms with Crippen LogP contribution in [0.3, 0.4) is 0 Å². The van der Waals surface area contributed by atoms with Crippen LogP contribution in [0.25, 0.3) is 0 Å². The van der Waals surface area contributed by atoms with Crippen LogP contribution in [0, 0.1) is 12.8 Å². The third-order valence-electron chi connectivity index (χ3n) is 5.12. The third kappa shape index (κ3) is 8.16. The van der Waals surface area contributed by atoms with Gasteiger partial charge in [0.25, 0.3) is 0 Å². The van der Waals surface area contributed by atoms with E-state index in [1.807, 2.05) is 45.0 Å². The number of hydrogen-bond donors (Lipinski definition) is 1. The van der Waals surface area contributed by atoms with Crippen LogP contribution < -0.4 is 9.62 Å². The summed E-state index contributed by atoms with van der Waals surface area (Å²) < 4.78 is 26.9. The summed E-state index contributed by atoms with van der Waals surface area (Å²) in [4.78, 5) is 27.6. The standard InChI is InChI=1S/C24H32BrN3O4S/c1-17(2)14-26-24(30)19(4)27(15-20-8-6-18(3)7-9-20)23(29)16-28(33(5,31)32)22-12-10-21(25)11-13-22/h6-13,17,19H,14-16H2,1-5H3,(H,26,30)/t19-/m1/s1. The molecule has 1 atom stereocenters. The molecule has 2 aromatic carbocycles. The molecule has 0 unspecified atom stereocenters. The van der Waals surface area contributed by atoms with E-state index in [2.05, 4.69) is 21.2 Å². The summed E-state index contributed by atoms with van der Waals surface area (Å²) >= 11 is 3.33. The van der Waals surface area contributed by atoms with Gasteiger partial charge in [-0.2, -0.15) is 0 Å². The summed E-state index contributed by atoms with van der Waals surface area (Å²) in [5, 5.41) is 2.86. The lowest BCUT2D eigenvalue weighted by Crippen LogP contribution is -2.51. The van der Waals surface area contributed by atoms with Crippen molar-refractivity contribution in [2.24, 2.45) is 5.92 Å². The van der Waals surface area contributed by atoms with E-state index in [-0.39, 0.29) is 18.4 Å². The molecular formula is C24H32BrN3O4S. The Kier molecular flexibility index (Phi) is 9.48. The molecule has 0 bridgehead atoms. The van der Waals surface area contributed by atoms with Crippen molar-refractivity contribution in [2.45, 2.75) is 40.3 Å². The second-order valence-electron chi connectivity index (χ2n) is 8.57. The van der Waals surface area contributed by atoms with Gasteiger partial charge < -0.3 is 10.2 Å². The van der Waals surface area contributed by atoms with E-state index in [9.17, 15) is 18.0 Å². The van der Waals surface area contributed by atoms with Crippen molar-refractivity contribution in [2.75, 3.05) is 23.7 Å². The van der Waals surface area contributed by atoms with E-state index >= 15 is 0 Å². The zero-order valence-corrected chi connectivity index (χ0v) is 22.1. The number of anilines is 1. The Morgan fingerprint density at radius 3 is 2.09 bits per heavy atom. The molecule has 0 saturated heterocycles. The Morgan fingerprint density at radius 2 is 1.58 bits per heavy atom. The summed E-state index contributed by atoms with van der Waals surface area (Å²) in [6.07, 6.45) is 1.06. The summed E-state index contributed by atoms with van der Waals surface area (Å²) in [6.45, 7) is 7.87. The molecule has 0 aliphatic heterocycles. The van der Waals surface area contributed by atoms with Crippen molar-refractivity contribution >= 4 is 43.5 Å². The molecule has 0 heterocycles. The van der Waals surface area contributed by atoms with Gasteiger partial charge in [-0.3, -0.25) is 13.9 Å². The van der Waals surface area contributed by atoms with Crippen molar-refractivity contribution < 1.29 is 18.0 Å². The minimum absolute atomic E-state index is 0.188. The fraction of sp³-hybridized carbons (Fsp3) is 0.417. The van der Waals surface area contributed by atoms with E-state index in [4.69, 9.17) is 0 Å². The van der Waals surface area contributed by atoms with E-state index < -0.39 is 28.5 Å². The maximum Gasteiger partial charge on any atom is 0.244 e. The second kappa shape index (κ2) is 11.7. The normalized spacial score (nSPS) is 12.3. The van der Waals surface area contributed by atoms with Crippen LogP contribution in [0.15, 0.2) is 53.0 Å². The first-order valence-corrected chi connectivity index (χ1v) is 13.4. The van der Waals surface area contributed by atoms with Gasteiger partial charge in [-0.15, -0.1) is 0 Å². The number of nitrogens with zero attached hydrogens (tertiary/aromatic N) is 2. The molecule has 0 aromatic heterocycles. The smallest absolute Gasteiger partial charge is 0.244 e. The maximum absolute atomic E-state index is 13.4. The number of amides is 2. The first kappa shape index (κ1) is 26.9. The summed E-state index contributed by atoms with van der Waals surface area (Å²) in [5.74, 6) is -0.477. The Hall–Kier alpha value is -2.39. The highest BCUT2D eigenvalue weighted by Gasteiger charge is 2.30. The Labute approximate surface area is 205 Å². The molecule has 0 aliphatic rings. The molecule has 7 nitrogen and oxygen atoms in total. The molecule has 33 heavy (non-hydrogen) atoms. The quantitative estimate of drug-likeness (QED) is 0.500. The molecule has 0 saturated carbocycles. The first-order chi connectivity index (χ1) is 15.4. The van der Waals surface area contributed by atoms with Crippen LogP contribution in [0.4, 0.5) is 5.69 Å². The zero-order chi connectivity index (χ0) is 24.8. The van der Waals surface area contributed by atoms with E-state index in [1.54, 1.807) is 31.2 Å². The van der Waals surface area contributed by atoms with Gasteiger partial charge in [0, 0.05) is 17.6 Å². The van der Waals surface area contributed by atoms with Gasteiger partial charge in [0.15, 0.2) is 0 Å². The van der Waals surface area contributed by atoms with Crippen LogP contribution in [0.1, 0.15) is 31.9 Å². The van der Waals surface area contributed by atoms with Crippen molar-refractivity contribution in [3.63, 3.8) is 0 Å². The Morgan fingerprint density at radius 1 is 1.00 bits per heavy atom. The van der Waals surface area contributed by atoms with E-state index in [1.165, 1.54) is 4.90 Å². The van der Waals surface area contributed by atoms with Gasteiger partial charge in [0.05, 0.1) is 11.9 Å². The van der Waals surface area contributed by atoms with Crippen molar-refractivity contribution in [1.29, 1.82) is 0 Å². The maximum atomic E-state index is 13.4. The topological polar surface area (TPSA) is 86.8 Å². The molecule has 0 aliphatic carbocycles. The zero-order valence-electron chi connectivity index (χ0n) is 19.7. The number of nitrogens with one attached hydrogen (secondary N) is 1. The fourth-order valence-electron chi connectivity index (χ4n) is 3.15. The molecule has 2 amide bonds. The average Bonchev–Trinajstić information content (AvgIpc) is 2.74. The predicted octanol–water partition coefficient (Wildman–Crippen LogP) is 3.71. The van der Waals surface area contributed by atoms with Crippen molar-refractivity contribution in [3.05, 3.63) is 64.1 Å². The highest BCUT2D eigenvalue weighted by molar-refractivity contribution is 9.10. The Bertz CT molecular complexity index is 1050. The summed E-state index contributed by atoms with van der Waals surface area (Å²) in [6, 6.07) is 13.6. The fourth-order valence-corrected chi connectivity index (χ4v) is 4.26. The summed E-state index contributed by atoms with van der Waals surface area (Å²) in [5.41, 5.74) is 2.31. The number of carbonyl (C=O) groups is 2. The molecule has 2 aromatic rings. The lowest BCUT2D eigenvalue weighted by atomic mass is 10.1. The number of carbonyl (C=O) groups excluding carboxylic acids is 2. The third-order valence-corrected chi connectivity index (χ3v) is 6.79. The number of hydrogen-bond acceptors (Lipinski definition) is 4. The lowest BCUT2D eigenvalue weighted by molar-refractivity contribution is -0.139. The molecule has 0 radical (unpaired) electrons. The minimum Gasteiger partial charge on any atom is -0.354 e. The summed E-state index contributed by atoms with van der Waals surface area (Å²) in [7, 11) is -3.74. The monoisotopic (exact) mass is 537 g/mol. The lowest BCUT2D eigenvalue weighted by Gasteiger charge is -2.31. The molecule has 2 rings (SSSR count). The molecule has 0 fully saturated rings. The number of benzene rings is 2. The van der Waals surface area contributed by atoms with Crippen LogP contribution in [-0.4, -0.2) is 50.5 Å².